The second kappa shape index (κ2) is 8.33. The van der Waals surface area contributed by atoms with Gasteiger partial charge in [0.25, 0.3) is 5.56 Å². The van der Waals surface area contributed by atoms with Gasteiger partial charge in [0, 0.05) is 42.9 Å². The summed E-state index contributed by atoms with van der Waals surface area (Å²) in [6, 6.07) is 15.4. The highest BCUT2D eigenvalue weighted by molar-refractivity contribution is 6.23. The normalized spacial score (nSPS) is 16.3. The molecule has 0 spiro atoms. The molecule has 2 aliphatic rings. The Morgan fingerprint density at radius 3 is 2.42 bits per heavy atom. The molecule has 5 rings (SSSR count). The highest BCUT2D eigenvalue weighted by atomic mass is 16.5. The van der Waals surface area contributed by atoms with Crippen LogP contribution in [0.15, 0.2) is 63.7 Å². The predicted molar refractivity (Wildman–Crippen MR) is 127 cm³/mol. The van der Waals surface area contributed by atoms with Crippen LogP contribution in [0.2, 0.25) is 0 Å². The van der Waals surface area contributed by atoms with Gasteiger partial charge in [-0.05, 0) is 24.0 Å². The second-order valence-corrected chi connectivity index (χ2v) is 8.34. The first-order valence-corrected chi connectivity index (χ1v) is 11.1. The number of Topliss-reactive ketones (excluding diaryl/α,β-unsaturated/α-hetero) is 1. The number of benzene rings is 2. The molecule has 7 nitrogen and oxygen atoms in total. The number of carbonyl (C=O) groups is 1. The molecule has 2 N–H and O–H groups in total. The van der Waals surface area contributed by atoms with Crippen molar-refractivity contribution in [1.82, 2.24) is 9.55 Å². The van der Waals surface area contributed by atoms with Crippen molar-refractivity contribution in [1.29, 1.82) is 0 Å². The first-order valence-electron chi connectivity index (χ1n) is 11.1. The van der Waals surface area contributed by atoms with E-state index >= 15 is 0 Å². The molecule has 3 aromatic rings. The van der Waals surface area contributed by atoms with Crippen LogP contribution in [0, 0.1) is 0 Å². The smallest absolute Gasteiger partial charge is 0.329 e. The number of carbonyl (C=O) groups excluding carboxylic acids is 1. The number of hydrogen-bond acceptors (Lipinski definition) is 5. The number of anilines is 1. The summed E-state index contributed by atoms with van der Waals surface area (Å²) >= 11 is 0. The molecule has 0 unspecified atom stereocenters. The SMILES string of the molecule is CCc1ccc([C@H]2C3=C(Nc4c2c(=O)[nH]c(=O)n4CCCOC)c2ccccc2C3=O)cc1. The molecule has 1 aliphatic carbocycles. The predicted octanol–water partition coefficient (Wildman–Crippen LogP) is 3.30. The van der Waals surface area contributed by atoms with Crippen LogP contribution < -0.4 is 16.6 Å². The first kappa shape index (κ1) is 21.2. The molecule has 0 bridgehead atoms. The van der Waals surface area contributed by atoms with Gasteiger partial charge < -0.3 is 10.1 Å². The van der Waals surface area contributed by atoms with Crippen molar-refractivity contribution in [3.05, 3.63) is 103 Å². The fourth-order valence-electron chi connectivity index (χ4n) is 4.82. The van der Waals surface area contributed by atoms with E-state index < -0.39 is 17.2 Å². The highest BCUT2D eigenvalue weighted by Gasteiger charge is 2.42. The third-order valence-electron chi connectivity index (χ3n) is 6.46. The van der Waals surface area contributed by atoms with Crippen LogP contribution >= 0.6 is 0 Å². The Hall–Kier alpha value is -3.71. The number of fused-ring (bicyclic) bond motifs is 3. The molecule has 0 saturated heterocycles. The van der Waals surface area contributed by atoms with Crippen LogP contribution in [0.1, 0.15) is 51.9 Å². The molecule has 1 aliphatic heterocycles. The van der Waals surface area contributed by atoms with Crippen LogP contribution in [-0.2, 0) is 17.7 Å². The van der Waals surface area contributed by atoms with Gasteiger partial charge in [0.2, 0.25) is 0 Å². The van der Waals surface area contributed by atoms with Crippen LogP contribution in [0.25, 0.3) is 5.70 Å². The first-order chi connectivity index (χ1) is 16.0. The number of aromatic amines is 1. The van der Waals surface area contributed by atoms with Gasteiger partial charge in [-0.25, -0.2) is 4.79 Å². The molecule has 0 radical (unpaired) electrons. The fraction of sp³-hybridized carbons (Fsp3) is 0.269. The highest BCUT2D eigenvalue weighted by Crippen LogP contribution is 2.47. The topological polar surface area (TPSA) is 93.2 Å². The molecule has 1 aromatic heterocycles. The molecule has 0 saturated carbocycles. The maximum atomic E-state index is 13.5. The average molecular weight is 444 g/mol. The number of ether oxygens (including phenoxy) is 1. The molecule has 2 heterocycles. The van der Waals surface area contributed by atoms with Gasteiger partial charge in [-0.3, -0.25) is 19.1 Å². The van der Waals surface area contributed by atoms with E-state index in [2.05, 4.69) is 17.2 Å². The van der Waals surface area contributed by atoms with E-state index in [0.29, 0.717) is 47.8 Å². The molecule has 0 amide bonds. The Bertz CT molecular complexity index is 1400. The number of hydrogen-bond donors (Lipinski definition) is 2. The van der Waals surface area contributed by atoms with E-state index in [1.807, 2.05) is 42.5 Å². The number of nitrogens with one attached hydrogen (secondary N) is 2. The lowest BCUT2D eigenvalue weighted by Crippen LogP contribution is -2.38. The lowest BCUT2D eigenvalue weighted by atomic mass is 9.81. The largest absolute Gasteiger partial charge is 0.385 e. The molecule has 1 atom stereocenters. The zero-order valence-corrected chi connectivity index (χ0v) is 18.6. The minimum absolute atomic E-state index is 0.0974. The third kappa shape index (κ3) is 3.36. The minimum atomic E-state index is -0.583. The maximum absolute atomic E-state index is 13.5. The third-order valence-corrected chi connectivity index (χ3v) is 6.46. The van der Waals surface area contributed by atoms with Gasteiger partial charge in [-0.2, -0.15) is 0 Å². The van der Waals surface area contributed by atoms with Crippen molar-refractivity contribution in [3.63, 3.8) is 0 Å². The summed E-state index contributed by atoms with van der Waals surface area (Å²) in [4.78, 5) is 41.9. The summed E-state index contributed by atoms with van der Waals surface area (Å²) in [5.74, 6) is -0.243. The van der Waals surface area contributed by atoms with Crippen molar-refractivity contribution < 1.29 is 9.53 Å². The maximum Gasteiger partial charge on any atom is 0.329 e. The number of methoxy groups -OCH3 is 1. The average Bonchev–Trinajstić information content (AvgIpc) is 3.12. The molecule has 7 heteroatoms. The van der Waals surface area contributed by atoms with Crippen LogP contribution in [0.5, 0.6) is 0 Å². The van der Waals surface area contributed by atoms with Gasteiger partial charge in [0.05, 0.1) is 11.3 Å². The summed E-state index contributed by atoms with van der Waals surface area (Å²) in [5.41, 5.74) is 4.03. The van der Waals surface area contributed by atoms with E-state index in [1.54, 1.807) is 17.7 Å². The zero-order valence-electron chi connectivity index (χ0n) is 18.6. The summed E-state index contributed by atoms with van der Waals surface area (Å²) in [7, 11) is 1.61. The monoisotopic (exact) mass is 443 g/mol. The van der Waals surface area contributed by atoms with Crippen LogP contribution in [-0.4, -0.2) is 29.1 Å². The van der Waals surface area contributed by atoms with Gasteiger partial charge in [-0.15, -0.1) is 0 Å². The van der Waals surface area contributed by atoms with Crippen molar-refractivity contribution in [2.24, 2.45) is 0 Å². The number of rotatable bonds is 6. The van der Waals surface area contributed by atoms with E-state index in [1.165, 1.54) is 5.56 Å². The van der Waals surface area contributed by atoms with E-state index in [0.717, 1.165) is 17.5 Å². The van der Waals surface area contributed by atoms with E-state index in [4.69, 9.17) is 4.74 Å². The fourth-order valence-corrected chi connectivity index (χ4v) is 4.82. The number of aryl methyl sites for hydroxylation is 1. The lowest BCUT2D eigenvalue weighted by Gasteiger charge is -2.29. The Kier molecular flexibility index (Phi) is 5.34. The Labute approximate surface area is 190 Å². The van der Waals surface area contributed by atoms with Crippen LogP contribution in [0.3, 0.4) is 0 Å². The number of ketones is 1. The number of allylic oxidation sites excluding steroid dienone is 1. The summed E-state index contributed by atoms with van der Waals surface area (Å²) in [6.07, 6.45) is 1.49. The quantitative estimate of drug-likeness (QED) is 0.570. The van der Waals surface area contributed by atoms with Gasteiger partial charge in [0.15, 0.2) is 5.78 Å². The summed E-state index contributed by atoms with van der Waals surface area (Å²) in [5, 5.41) is 3.31. The second-order valence-electron chi connectivity index (χ2n) is 8.34. The van der Waals surface area contributed by atoms with Gasteiger partial charge >= 0.3 is 5.69 Å². The van der Waals surface area contributed by atoms with E-state index in [-0.39, 0.29) is 5.78 Å². The molecule has 168 valence electrons. The Morgan fingerprint density at radius 2 is 1.73 bits per heavy atom. The minimum Gasteiger partial charge on any atom is -0.385 e. The van der Waals surface area contributed by atoms with Crippen LogP contribution in [0.4, 0.5) is 5.82 Å². The van der Waals surface area contributed by atoms with Crippen molar-refractivity contribution in [3.8, 4) is 0 Å². The lowest BCUT2D eigenvalue weighted by molar-refractivity contribution is 0.103. The molecule has 0 fully saturated rings. The van der Waals surface area contributed by atoms with Gasteiger partial charge in [-0.1, -0.05) is 55.5 Å². The molecular formula is C26H25N3O4. The van der Waals surface area contributed by atoms with Gasteiger partial charge in [0.1, 0.15) is 5.82 Å². The number of nitrogens with zero attached hydrogens (tertiary/aromatic N) is 1. The Balaban J connectivity index is 1.77. The molecule has 33 heavy (non-hydrogen) atoms. The zero-order chi connectivity index (χ0) is 23.1. The van der Waals surface area contributed by atoms with Crippen molar-refractivity contribution in [2.75, 3.05) is 19.0 Å². The molecule has 2 aromatic carbocycles. The summed E-state index contributed by atoms with van der Waals surface area (Å²) in [6.45, 7) is 2.94. The van der Waals surface area contributed by atoms with Crippen molar-refractivity contribution in [2.45, 2.75) is 32.2 Å². The Morgan fingerprint density at radius 1 is 1.00 bits per heavy atom. The number of aromatic nitrogens is 2. The van der Waals surface area contributed by atoms with Crippen molar-refractivity contribution >= 4 is 17.3 Å². The molecular weight excluding hydrogens is 418 g/mol. The summed E-state index contributed by atoms with van der Waals surface area (Å²) < 4.78 is 6.69. The standard InChI is InChI=1S/C26H25N3O4/c1-3-15-9-11-16(12-10-15)19-20-22(17-7-4-5-8-18(17)23(20)30)27-24-21(19)25(31)28-26(32)29(24)13-6-14-33-2/h4-5,7-12,19,27H,3,6,13-14H2,1-2H3,(H,28,31,32)/t19-/m0/s1. The van der Waals surface area contributed by atoms with E-state index in [9.17, 15) is 14.4 Å². The number of H-pyrrole nitrogens is 1.